The summed E-state index contributed by atoms with van der Waals surface area (Å²) in [6, 6.07) is 2.51. The first-order valence-electron chi connectivity index (χ1n) is 14.7. The van der Waals surface area contributed by atoms with Gasteiger partial charge in [0.15, 0.2) is 17.2 Å². The summed E-state index contributed by atoms with van der Waals surface area (Å²) in [5.41, 5.74) is -6.55. The monoisotopic (exact) mass is 578 g/mol. The quantitative estimate of drug-likeness (QED) is 0.220. The molecule has 9 nitrogen and oxygen atoms in total. The molecule has 1 aromatic carbocycles. The SMILES string of the molecule is CC(=O)C1=C(O)C(C(C)C)[C@@]2(C)C[C@@]3(C)Cc4c(C(=O)C(=O)C5CCCCC5)ccc(O)c4C(=O)C3=C(O)[C@@]2(O)C1=O. The zero-order valence-corrected chi connectivity index (χ0v) is 24.7. The summed E-state index contributed by atoms with van der Waals surface area (Å²) < 4.78 is 0. The van der Waals surface area contributed by atoms with Crippen molar-refractivity contribution in [2.75, 3.05) is 0 Å². The number of aliphatic hydroxyl groups excluding tert-OH is 2. The molecule has 0 saturated heterocycles. The van der Waals surface area contributed by atoms with Crippen LogP contribution in [0.3, 0.4) is 0 Å². The Bertz CT molecular complexity index is 1520. The number of phenolic OH excluding ortho intramolecular Hbond substituents is 1. The maximum atomic E-state index is 14.1. The number of Topliss-reactive ketones (excluding diaryl/α,β-unsaturated/α-hetero) is 5. The molecule has 0 bridgehead atoms. The van der Waals surface area contributed by atoms with Crippen LogP contribution in [0, 0.1) is 28.6 Å². The summed E-state index contributed by atoms with van der Waals surface area (Å²) in [5.74, 6) is -7.72. The molecule has 1 aromatic rings. The molecule has 5 rings (SSSR count). The molecule has 42 heavy (non-hydrogen) atoms. The first kappa shape index (κ1) is 29.9. The molecule has 4 aliphatic rings. The Balaban J connectivity index is 1.72. The third-order valence-electron chi connectivity index (χ3n) is 10.3. The summed E-state index contributed by atoms with van der Waals surface area (Å²) in [6.07, 6.45) is 3.78. The number of benzene rings is 1. The second-order valence-corrected chi connectivity index (χ2v) is 13.5. The van der Waals surface area contributed by atoms with Crippen LogP contribution in [0.2, 0.25) is 0 Å². The third-order valence-corrected chi connectivity index (χ3v) is 10.3. The van der Waals surface area contributed by atoms with E-state index in [1.165, 1.54) is 6.07 Å². The van der Waals surface area contributed by atoms with Crippen molar-refractivity contribution in [1.29, 1.82) is 0 Å². The molecule has 0 aliphatic heterocycles. The second kappa shape index (κ2) is 9.73. The molecule has 1 unspecified atom stereocenters. The van der Waals surface area contributed by atoms with Gasteiger partial charge in [-0.1, -0.05) is 47.0 Å². The van der Waals surface area contributed by atoms with Crippen LogP contribution in [-0.2, 0) is 20.8 Å². The van der Waals surface area contributed by atoms with Crippen molar-refractivity contribution < 1.29 is 44.4 Å². The molecule has 4 atom stereocenters. The Hall–Kier alpha value is -3.59. The van der Waals surface area contributed by atoms with Crippen LogP contribution >= 0.6 is 0 Å². The third kappa shape index (κ3) is 3.81. The van der Waals surface area contributed by atoms with Crippen LogP contribution in [0.25, 0.3) is 0 Å². The first-order chi connectivity index (χ1) is 19.5. The maximum Gasteiger partial charge on any atom is 0.229 e. The van der Waals surface area contributed by atoms with Gasteiger partial charge in [0, 0.05) is 33.8 Å². The van der Waals surface area contributed by atoms with E-state index in [1.54, 1.807) is 27.7 Å². The molecule has 224 valence electrons. The van der Waals surface area contributed by atoms with E-state index < -0.39 is 85.9 Å². The molecule has 0 aromatic heterocycles. The van der Waals surface area contributed by atoms with Crippen molar-refractivity contribution in [3.63, 3.8) is 0 Å². The Labute approximate surface area is 244 Å². The highest BCUT2D eigenvalue weighted by atomic mass is 16.3. The minimum atomic E-state index is -2.71. The number of hydrogen-bond donors (Lipinski definition) is 4. The summed E-state index contributed by atoms with van der Waals surface area (Å²) in [4.78, 5) is 67.2. The topological polar surface area (TPSA) is 166 Å². The molecular weight excluding hydrogens is 540 g/mol. The fourth-order valence-corrected chi connectivity index (χ4v) is 8.63. The lowest BCUT2D eigenvalue weighted by Crippen LogP contribution is -2.67. The number of aromatic hydroxyl groups is 1. The van der Waals surface area contributed by atoms with E-state index in [1.807, 2.05) is 0 Å². The van der Waals surface area contributed by atoms with Gasteiger partial charge in [0.25, 0.3) is 0 Å². The largest absolute Gasteiger partial charge is 0.511 e. The lowest BCUT2D eigenvalue weighted by Gasteiger charge is -2.59. The first-order valence-corrected chi connectivity index (χ1v) is 14.7. The van der Waals surface area contributed by atoms with E-state index in [2.05, 4.69) is 0 Å². The molecule has 0 amide bonds. The van der Waals surface area contributed by atoms with Gasteiger partial charge in [-0.15, -0.1) is 0 Å². The molecule has 4 N–H and O–H groups in total. The van der Waals surface area contributed by atoms with Crippen LogP contribution in [0.4, 0.5) is 0 Å². The lowest BCUT2D eigenvalue weighted by atomic mass is 9.44. The number of rotatable bonds is 5. The number of aliphatic hydroxyl groups is 3. The average molecular weight is 579 g/mol. The lowest BCUT2D eigenvalue weighted by molar-refractivity contribution is -0.171. The van der Waals surface area contributed by atoms with Crippen LogP contribution in [0.1, 0.15) is 99.4 Å². The Morgan fingerprint density at radius 1 is 0.976 bits per heavy atom. The average Bonchev–Trinajstić information content (AvgIpc) is 2.90. The van der Waals surface area contributed by atoms with Gasteiger partial charge in [-0.05, 0) is 56.2 Å². The molecule has 4 aliphatic carbocycles. The second-order valence-electron chi connectivity index (χ2n) is 13.5. The fourth-order valence-electron chi connectivity index (χ4n) is 8.63. The fraction of sp³-hybridized carbons (Fsp3) is 0.545. The minimum absolute atomic E-state index is 0.0132. The highest BCUT2D eigenvalue weighted by Crippen LogP contribution is 2.65. The highest BCUT2D eigenvalue weighted by molar-refractivity contribution is 6.45. The molecule has 9 heteroatoms. The molecular formula is C33H38O9. The Kier molecular flexibility index (Phi) is 6.92. The van der Waals surface area contributed by atoms with Gasteiger partial charge in [0.05, 0.1) is 5.56 Å². The highest BCUT2D eigenvalue weighted by Gasteiger charge is 2.71. The van der Waals surface area contributed by atoms with Gasteiger partial charge in [0.1, 0.15) is 22.8 Å². The van der Waals surface area contributed by atoms with Crippen LogP contribution in [0.15, 0.2) is 34.8 Å². The summed E-state index contributed by atoms with van der Waals surface area (Å²) in [5, 5.41) is 45.9. The molecule has 0 heterocycles. The van der Waals surface area contributed by atoms with E-state index in [4.69, 9.17) is 0 Å². The normalized spacial score (nSPS) is 31.5. The summed E-state index contributed by atoms with van der Waals surface area (Å²) >= 11 is 0. The van der Waals surface area contributed by atoms with Gasteiger partial charge in [-0.3, -0.25) is 24.0 Å². The van der Waals surface area contributed by atoms with Crippen molar-refractivity contribution in [2.45, 2.75) is 85.2 Å². The zero-order valence-electron chi connectivity index (χ0n) is 24.7. The predicted molar refractivity (Wildman–Crippen MR) is 151 cm³/mol. The Morgan fingerprint density at radius 3 is 2.17 bits per heavy atom. The van der Waals surface area contributed by atoms with Crippen molar-refractivity contribution in [1.82, 2.24) is 0 Å². The number of phenols is 1. The smallest absolute Gasteiger partial charge is 0.229 e. The standard InChI is InChI=1S/C33H38O9/c1-15(2)23-27(38)21(16(3)34)29(40)33(42)30(41)24-28(39)22-19(13-31(24,4)14-32(23,33)5)18(11-12-20(22)35)26(37)25(36)17-9-7-6-8-10-17/h11-12,15,17,23,35,38,41-42H,6-10,13-14H2,1-5H3/t23?,31-,32-,33+/m1/s1. The predicted octanol–water partition coefficient (Wildman–Crippen LogP) is 4.68. The van der Waals surface area contributed by atoms with Crippen molar-refractivity contribution in [3.05, 3.63) is 51.5 Å². The van der Waals surface area contributed by atoms with E-state index in [-0.39, 0.29) is 35.1 Å². The van der Waals surface area contributed by atoms with E-state index in [0.29, 0.717) is 12.8 Å². The summed E-state index contributed by atoms with van der Waals surface area (Å²) in [6.45, 7) is 7.80. The van der Waals surface area contributed by atoms with E-state index in [9.17, 15) is 44.4 Å². The van der Waals surface area contributed by atoms with Gasteiger partial charge >= 0.3 is 0 Å². The Morgan fingerprint density at radius 2 is 1.60 bits per heavy atom. The molecule has 1 saturated carbocycles. The zero-order chi connectivity index (χ0) is 31.1. The maximum absolute atomic E-state index is 14.1. The van der Waals surface area contributed by atoms with E-state index in [0.717, 1.165) is 32.3 Å². The van der Waals surface area contributed by atoms with Crippen molar-refractivity contribution in [3.8, 4) is 5.75 Å². The van der Waals surface area contributed by atoms with Gasteiger partial charge in [0.2, 0.25) is 17.3 Å². The van der Waals surface area contributed by atoms with E-state index >= 15 is 0 Å². The molecule has 1 fully saturated rings. The molecule has 0 radical (unpaired) electrons. The van der Waals surface area contributed by atoms with Gasteiger partial charge in [-0.25, -0.2) is 0 Å². The molecule has 0 spiro atoms. The van der Waals surface area contributed by atoms with Crippen LogP contribution in [-0.4, -0.2) is 54.9 Å². The number of hydrogen-bond acceptors (Lipinski definition) is 9. The van der Waals surface area contributed by atoms with Gasteiger partial charge < -0.3 is 20.4 Å². The summed E-state index contributed by atoms with van der Waals surface area (Å²) in [7, 11) is 0. The number of carbonyl (C=O) groups excluding carboxylic acids is 5. The van der Waals surface area contributed by atoms with Crippen LogP contribution in [0.5, 0.6) is 5.75 Å². The number of carbonyl (C=O) groups is 5. The van der Waals surface area contributed by atoms with Crippen LogP contribution < -0.4 is 0 Å². The number of ketones is 5. The minimum Gasteiger partial charge on any atom is -0.511 e. The number of allylic oxidation sites excluding steroid dienone is 2. The van der Waals surface area contributed by atoms with Gasteiger partial charge in [-0.2, -0.15) is 0 Å². The van der Waals surface area contributed by atoms with Crippen molar-refractivity contribution >= 4 is 28.9 Å². The van der Waals surface area contributed by atoms with Crippen molar-refractivity contribution in [2.24, 2.45) is 28.6 Å². The number of fused-ring (bicyclic) bond motifs is 3.